The number of aliphatic hydroxyl groups excluding tert-OH is 4. The Morgan fingerprint density at radius 1 is 0.868 bits per heavy atom. The molecule has 2 rings (SSSR count). The Morgan fingerprint density at radius 3 is 2.18 bits per heavy atom. The second kappa shape index (κ2) is 18.7. The van der Waals surface area contributed by atoms with Crippen molar-refractivity contribution in [3.8, 4) is 5.75 Å². The highest BCUT2D eigenvalue weighted by molar-refractivity contribution is 5.90. The fraction of sp³-hybridized carbons (Fsp3) is 0.567. The maximum absolute atomic E-state index is 12.2. The van der Waals surface area contributed by atoms with Crippen LogP contribution in [0.1, 0.15) is 71.1 Å². The lowest BCUT2D eigenvalue weighted by Crippen LogP contribution is -2.60. The van der Waals surface area contributed by atoms with E-state index < -0.39 is 37.3 Å². The molecule has 0 bridgehead atoms. The highest BCUT2D eigenvalue weighted by Gasteiger charge is 2.44. The van der Waals surface area contributed by atoms with E-state index >= 15 is 0 Å². The average Bonchev–Trinajstić information content (AvgIpc) is 2.92. The van der Waals surface area contributed by atoms with Crippen LogP contribution in [0.5, 0.6) is 5.75 Å². The van der Waals surface area contributed by atoms with Crippen LogP contribution in [0.15, 0.2) is 60.7 Å². The van der Waals surface area contributed by atoms with Crippen LogP contribution in [0.4, 0.5) is 5.69 Å². The van der Waals surface area contributed by atoms with Crippen LogP contribution in [0.2, 0.25) is 0 Å². The standard InChI is InChI=1S/C30H45NO7/c1-2-3-4-5-6-7-8-9-10-11-12-13-14-15-16-17-26(33)31-23-18-20-24(21-19-23)37-30-29(36)28(35)27(34)25(22-32)38-30/h3-4,6-7,9-10,18-21,25,27-30,32,34-36H,2,5,8,11-17,22H2,1H3,(H,31,33)/b4-3-,7-6-,10-9-/t25-,27-,28+,29-,30-/m1/s1. The molecule has 0 aliphatic carbocycles. The maximum atomic E-state index is 12.2. The minimum atomic E-state index is -1.50. The molecule has 0 radical (unpaired) electrons. The summed E-state index contributed by atoms with van der Waals surface area (Å²) in [7, 11) is 0. The number of aliphatic hydroxyl groups is 4. The molecule has 1 amide bonds. The van der Waals surface area contributed by atoms with Crippen molar-refractivity contribution in [2.75, 3.05) is 11.9 Å². The zero-order valence-electron chi connectivity index (χ0n) is 22.5. The summed E-state index contributed by atoms with van der Waals surface area (Å²) in [5.74, 6) is 0.298. The Bertz CT molecular complexity index is 866. The third-order valence-electron chi connectivity index (χ3n) is 6.29. The fourth-order valence-corrected chi connectivity index (χ4v) is 4.04. The molecule has 8 nitrogen and oxygen atoms in total. The van der Waals surface area contributed by atoms with Gasteiger partial charge in [-0.2, -0.15) is 0 Å². The molecule has 0 spiro atoms. The second-order valence-electron chi connectivity index (χ2n) is 9.49. The Kier molecular flexibility index (Phi) is 15.6. The number of amides is 1. The van der Waals surface area contributed by atoms with Gasteiger partial charge in [0.05, 0.1) is 6.61 Å². The van der Waals surface area contributed by atoms with Gasteiger partial charge in [-0.1, -0.05) is 62.6 Å². The van der Waals surface area contributed by atoms with E-state index in [0.717, 1.165) is 44.9 Å². The predicted octanol–water partition coefficient (Wildman–Crippen LogP) is 4.39. The lowest BCUT2D eigenvalue weighted by Gasteiger charge is -2.39. The predicted molar refractivity (Wildman–Crippen MR) is 149 cm³/mol. The monoisotopic (exact) mass is 531 g/mol. The number of anilines is 1. The number of ether oxygens (including phenoxy) is 2. The molecule has 1 aliphatic heterocycles. The Labute approximate surface area is 226 Å². The first-order valence-electron chi connectivity index (χ1n) is 13.8. The summed E-state index contributed by atoms with van der Waals surface area (Å²) in [6.07, 6.45) is 16.5. The van der Waals surface area contributed by atoms with E-state index in [0.29, 0.717) is 17.9 Å². The van der Waals surface area contributed by atoms with Gasteiger partial charge in [-0.3, -0.25) is 4.79 Å². The van der Waals surface area contributed by atoms with Crippen molar-refractivity contribution in [1.29, 1.82) is 0 Å². The molecule has 38 heavy (non-hydrogen) atoms. The van der Waals surface area contributed by atoms with Crippen molar-refractivity contribution in [3.63, 3.8) is 0 Å². The third kappa shape index (κ3) is 11.9. The molecule has 212 valence electrons. The van der Waals surface area contributed by atoms with E-state index in [2.05, 4.69) is 48.7 Å². The van der Waals surface area contributed by atoms with Crippen LogP contribution >= 0.6 is 0 Å². The number of allylic oxidation sites excluding steroid dienone is 6. The molecule has 1 aromatic carbocycles. The summed E-state index contributed by atoms with van der Waals surface area (Å²) < 4.78 is 10.9. The summed E-state index contributed by atoms with van der Waals surface area (Å²) in [6.45, 7) is 1.61. The van der Waals surface area contributed by atoms with Crippen LogP contribution in [0.3, 0.4) is 0 Å². The minimum Gasteiger partial charge on any atom is -0.462 e. The number of benzene rings is 1. The van der Waals surface area contributed by atoms with Gasteiger partial charge in [0.2, 0.25) is 12.2 Å². The maximum Gasteiger partial charge on any atom is 0.229 e. The number of carbonyl (C=O) groups is 1. The molecule has 0 saturated carbocycles. The van der Waals surface area contributed by atoms with Crippen molar-refractivity contribution in [2.24, 2.45) is 0 Å². The van der Waals surface area contributed by atoms with E-state index in [4.69, 9.17) is 9.47 Å². The van der Waals surface area contributed by atoms with Crippen molar-refractivity contribution < 1.29 is 34.7 Å². The van der Waals surface area contributed by atoms with Crippen LogP contribution in [-0.2, 0) is 9.53 Å². The molecule has 8 heteroatoms. The first-order chi connectivity index (χ1) is 18.5. The van der Waals surface area contributed by atoms with Gasteiger partial charge < -0.3 is 35.2 Å². The summed E-state index contributed by atoms with van der Waals surface area (Å²) in [6, 6.07) is 6.55. The van der Waals surface area contributed by atoms with E-state index in [1.54, 1.807) is 24.3 Å². The quantitative estimate of drug-likeness (QED) is 0.149. The number of rotatable bonds is 17. The van der Waals surface area contributed by atoms with Gasteiger partial charge in [0.25, 0.3) is 0 Å². The molecule has 1 heterocycles. The van der Waals surface area contributed by atoms with Crippen LogP contribution in [0, 0.1) is 0 Å². The highest BCUT2D eigenvalue weighted by atomic mass is 16.7. The first kappa shape index (κ1) is 31.7. The number of nitrogens with one attached hydrogen (secondary N) is 1. The summed E-state index contributed by atoms with van der Waals surface area (Å²) in [5.41, 5.74) is 0.621. The summed E-state index contributed by atoms with van der Waals surface area (Å²) in [4.78, 5) is 12.2. The lowest BCUT2D eigenvalue weighted by molar-refractivity contribution is -0.277. The number of unbranched alkanes of at least 4 members (excludes halogenated alkanes) is 5. The number of hydrogen-bond acceptors (Lipinski definition) is 7. The zero-order chi connectivity index (χ0) is 27.6. The van der Waals surface area contributed by atoms with Crippen molar-refractivity contribution in [3.05, 3.63) is 60.7 Å². The SMILES string of the molecule is CC/C=C\C/C=C\C/C=C\CCCCCCCC(=O)Nc1ccc(O[C@@H]2O[C@H](CO)[C@@H](O)[C@H](O)[C@H]2O)cc1. The smallest absolute Gasteiger partial charge is 0.229 e. The molecule has 0 aromatic heterocycles. The van der Waals surface area contributed by atoms with Crippen molar-refractivity contribution in [1.82, 2.24) is 0 Å². The van der Waals surface area contributed by atoms with Crippen LogP contribution in [-0.4, -0.2) is 63.6 Å². The van der Waals surface area contributed by atoms with Crippen molar-refractivity contribution in [2.45, 2.75) is 102 Å². The van der Waals surface area contributed by atoms with Gasteiger partial charge >= 0.3 is 0 Å². The first-order valence-corrected chi connectivity index (χ1v) is 13.8. The number of hydrogen-bond donors (Lipinski definition) is 5. The minimum absolute atomic E-state index is 0.0474. The average molecular weight is 532 g/mol. The van der Waals surface area contributed by atoms with Crippen LogP contribution < -0.4 is 10.1 Å². The van der Waals surface area contributed by atoms with Gasteiger partial charge in [-0.05, 0) is 62.8 Å². The van der Waals surface area contributed by atoms with E-state index in [1.165, 1.54) is 12.8 Å². The van der Waals surface area contributed by atoms with E-state index in [1.807, 2.05) is 0 Å². The Morgan fingerprint density at radius 2 is 1.50 bits per heavy atom. The van der Waals surface area contributed by atoms with Gasteiger partial charge in [0.1, 0.15) is 30.2 Å². The Hall–Kier alpha value is -2.49. The molecule has 0 unspecified atom stereocenters. The molecule has 1 aromatic rings. The molecule has 1 aliphatic rings. The summed E-state index contributed by atoms with van der Waals surface area (Å²) in [5, 5.41) is 41.9. The highest BCUT2D eigenvalue weighted by Crippen LogP contribution is 2.25. The van der Waals surface area contributed by atoms with Gasteiger partial charge in [0.15, 0.2) is 0 Å². The third-order valence-corrected chi connectivity index (χ3v) is 6.29. The molecular formula is C30H45NO7. The van der Waals surface area contributed by atoms with E-state index in [9.17, 15) is 25.2 Å². The molecule has 5 N–H and O–H groups in total. The largest absolute Gasteiger partial charge is 0.462 e. The Balaban J connectivity index is 1.55. The van der Waals surface area contributed by atoms with E-state index in [-0.39, 0.29) is 5.91 Å². The molecular weight excluding hydrogens is 486 g/mol. The summed E-state index contributed by atoms with van der Waals surface area (Å²) >= 11 is 0. The lowest BCUT2D eigenvalue weighted by atomic mass is 9.99. The molecule has 1 fully saturated rings. The second-order valence-corrected chi connectivity index (χ2v) is 9.49. The zero-order valence-corrected chi connectivity index (χ0v) is 22.5. The van der Waals surface area contributed by atoms with Gasteiger partial charge in [-0.15, -0.1) is 0 Å². The molecule has 1 saturated heterocycles. The normalized spacial score (nSPS) is 24.0. The fourth-order valence-electron chi connectivity index (χ4n) is 4.04. The van der Waals surface area contributed by atoms with Gasteiger partial charge in [-0.25, -0.2) is 0 Å². The van der Waals surface area contributed by atoms with Crippen molar-refractivity contribution >= 4 is 11.6 Å². The topological polar surface area (TPSA) is 128 Å². The van der Waals surface area contributed by atoms with Gasteiger partial charge in [0, 0.05) is 12.1 Å². The van der Waals surface area contributed by atoms with Crippen LogP contribution in [0.25, 0.3) is 0 Å². The number of carbonyl (C=O) groups excluding carboxylic acids is 1. The molecule has 5 atom stereocenters.